The van der Waals surface area contributed by atoms with E-state index in [-0.39, 0.29) is 17.7 Å². The zero-order valence-electron chi connectivity index (χ0n) is 9.23. The van der Waals surface area contributed by atoms with Crippen LogP contribution in [0.5, 0.6) is 0 Å². The van der Waals surface area contributed by atoms with Crippen molar-refractivity contribution in [3.8, 4) is 0 Å². The van der Waals surface area contributed by atoms with Crippen molar-refractivity contribution in [2.24, 2.45) is 0 Å². The number of nitrogens with zero attached hydrogens (tertiary/aromatic N) is 3. The van der Waals surface area contributed by atoms with Crippen LogP contribution in [0.15, 0.2) is 5.38 Å². The first-order chi connectivity index (χ1) is 8.15. The number of carbonyl (C=O) groups is 1. The molecule has 0 aromatic carbocycles. The molecule has 0 unspecified atom stereocenters. The number of hydrogen-bond donors (Lipinski definition) is 3. The van der Waals surface area contributed by atoms with E-state index in [0.29, 0.717) is 13.0 Å². The quantitative estimate of drug-likeness (QED) is 0.716. The molecule has 17 heavy (non-hydrogen) atoms. The number of nitrogens with two attached hydrogens (primary N) is 1. The molecule has 90 valence electrons. The molecule has 0 aliphatic heterocycles. The van der Waals surface area contributed by atoms with Gasteiger partial charge in [0.25, 0.3) is 5.91 Å². The molecular weight excluding hydrogens is 240 g/mol. The Morgan fingerprint density at radius 1 is 1.59 bits per heavy atom. The van der Waals surface area contributed by atoms with E-state index in [4.69, 9.17) is 5.73 Å². The minimum absolute atomic E-state index is 0.0608. The summed E-state index contributed by atoms with van der Waals surface area (Å²) in [6, 6.07) is 0. The molecule has 0 saturated carbocycles. The van der Waals surface area contributed by atoms with Crippen molar-refractivity contribution in [3.05, 3.63) is 21.9 Å². The van der Waals surface area contributed by atoms with Crippen LogP contribution in [0.3, 0.4) is 0 Å². The standard InChI is InChI=1S/C9H12N6OS/c1-5-4-17-6(12-5)2-3-11-8(16)7-13-9(10)15-14-7/h4H,2-3H2,1H3,(H,11,16)(H3,10,13,14,15). The van der Waals surface area contributed by atoms with Crippen LogP contribution in [0.2, 0.25) is 0 Å². The molecule has 8 heteroatoms. The Morgan fingerprint density at radius 3 is 3.00 bits per heavy atom. The van der Waals surface area contributed by atoms with Crippen molar-refractivity contribution in [3.63, 3.8) is 0 Å². The van der Waals surface area contributed by atoms with Crippen LogP contribution in [0.1, 0.15) is 21.3 Å². The van der Waals surface area contributed by atoms with E-state index in [1.165, 1.54) is 0 Å². The van der Waals surface area contributed by atoms with Gasteiger partial charge in [0.15, 0.2) is 0 Å². The van der Waals surface area contributed by atoms with Gasteiger partial charge in [0.1, 0.15) is 0 Å². The molecule has 2 heterocycles. The summed E-state index contributed by atoms with van der Waals surface area (Å²) < 4.78 is 0. The molecule has 2 aromatic heterocycles. The number of H-pyrrole nitrogens is 1. The number of carbonyl (C=O) groups excluding carboxylic acids is 1. The topological polar surface area (TPSA) is 110 Å². The highest BCUT2D eigenvalue weighted by molar-refractivity contribution is 7.09. The second-order valence-electron chi connectivity index (χ2n) is 3.43. The normalized spacial score (nSPS) is 10.4. The number of anilines is 1. The summed E-state index contributed by atoms with van der Waals surface area (Å²) in [5.41, 5.74) is 6.30. The Labute approximate surface area is 101 Å². The summed E-state index contributed by atoms with van der Waals surface area (Å²) >= 11 is 1.58. The van der Waals surface area contributed by atoms with Gasteiger partial charge in [-0.05, 0) is 6.92 Å². The molecule has 0 spiro atoms. The maximum absolute atomic E-state index is 11.5. The van der Waals surface area contributed by atoms with Crippen molar-refractivity contribution in [1.29, 1.82) is 0 Å². The first kappa shape index (κ1) is 11.5. The van der Waals surface area contributed by atoms with Crippen LogP contribution in [-0.2, 0) is 6.42 Å². The van der Waals surface area contributed by atoms with Gasteiger partial charge in [-0.25, -0.2) is 4.98 Å². The number of aromatic nitrogens is 4. The minimum atomic E-state index is -0.317. The number of aryl methyl sites for hydroxylation is 1. The minimum Gasteiger partial charge on any atom is -0.366 e. The lowest BCUT2D eigenvalue weighted by Gasteiger charge is -2.00. The van der Waals surface area contributed by atoms with Crippen molar-refractivity contribution >= 4 is 23.2 Å². The number of nitrogens with one attached hydrogen (secondary N) is 2. The molecule has 0 bridgehead atoms. The van der Waals surface area contributed by atoms with Gasteiger partial charge in [-0.2, -0.15) is 4.98 Å². The molecule has 0 saturated heterocycles. The molecule has 2 rings (SSSR count). The first-order valence-corrected chi connectivity index (χ1v) is 5.90. The predicted octanol–water partition coefficient (Wildman–Crippen LogP) is 0.124. The van der Waals surface area contributed by atoms with E-state index in [1.807, 2.05) is 12.3 Å². The lowest BCUT2D eigenvalue weighted by Crippen LogP contribution is -2.26. The van der Waals surface area contributed by atoms with Crippen molar-refractivity contribution < 1.29 is 4.79 Å². The van der Waals surface area contributed by atoms with E-state index in [2.05, 4.69) is 25.5 Å². The third kappa shape index (κ3) is 3.00. The lowest BCUT2D eigenvalue weighted by molar-refractivity contribution is 0.0944. The van der Waals surface area contributed by atoms with Gasteiger partial charge < -0.3 is 11.1 Å². The van der Waals surface area contributed by atoms with E-state index in [0.717, 1.165) is 10.7 Å². The van der Waals surface area contributed by atoms with Crippen LogP contribution < -0.4 is 11.1 Å². The van der Waals surface area contributed by atoms with Crippen LogP contribution in [0.4, 0.5) is 5.95 Å². The molecule has 0 atom stereocenters. The van der Waals surface area contributed by atoms with Gasteiger partial charge in [-0.15, -0.1) is 16.4 Å². The zero-order chi connectivity index (χ0) is 12.3. The van der Waals surface area contributed by atoms with Crippen molar-refractivity contribution in [2.45, 2.75) is 13.3 Å². The van der Waals surface area contributed by atoms with E-state index in [1.54, 1.807) is 11.3 Å². The molecule has 7 nitrogen and oxygen atoms in total. The molecule has 0 aliphatic carbocycles. The fourth-order valence-electron chi connectivity index (χ4n) is 1.26. The van der Waals surface area contributed by atoms with E-state index < -0.39 is 0 Å². The average molecular weight is 252 g/mol. The third-order valence-electron chi connectivity index (χ3n) is 2.01. The van der Waals surface area contributed by atoms with Crippen LogP contribution in [0.25, 0.3) is 0 Å². The summed E-state index contributed by atoms with van der Waals surface area (Å²) in [5, 5.41) is 11.7. The Kier molecular flexibility index (Phi) is 3.33. The summed E-state index contributed by atoms with van der Waals surface area (Å²) in [6.45, 7) is 2.45. The van der Waals surface area contributed by atoms with Crippen LogP contribution >= 0.6 is 11.3 Å². The summed E-state index contributed by atoms with van der Waals surface area (Å²) in [5.74, 6) is -0.133. The van der Waals surface area contributed by atoms with Gasteiger partial charge in [-0.3, -0.25) is 9.89 Å². The Bertz CT molecular complexity index is 519. The number of aromatic amines is 1. The van der Waals surface area contributed by atoms with Gasteiger partial charge in [0.2, 0.25) is 11.8 Å². The van der Waals surface area contributed by atoms with E-state index in [9.17, 15) is 4.79 Å². The molecule has 0 radical (unpaired) electrons. The zero-order valence-corrected chi connectivity index (χ0v) is 10.0. The number of thiazole rings is 1. The van der Waals surface area contributed by atoms with Gasteiger partial charge in [0, 0.05) is 24.0 Å². The van der Waals surface area contributed by atoms with Gasteiger partial charge in [-0.1, -0.05) is 0 Å². The van der Waals surface area contributed by atoms with E-state index >= 15 is 0 Å². The summed E-state index contributed by atoms with van der Waals surface area (Å²) in [6.07, 6.45) is 0.702. The predicted molar refractivity (Wildman–Crippen MR) is 63.7 cm³/mol. The van der Waals surface area contributed by atoms with Crippen LogP contribution in [0, 0.1) is 6.92 Å². The van der Waals surface area contributed by atoms with Crippen molar-refractivity contribution in [2.75, 3.05) is 12.3 Å². The fraction of sp³-hybridized carbons (Fsp3) is 0.333. The summed E-state index contributed by atoms with van der Waals surface area (Å²) in [4.78, 5) is 19.6. The molecular formula is C9H12N6OS. The number of rotatable bonds is 4. The highest BCUT2D eigenvalue weighted by atomic mass is 32.1. The second kappa shape index (κ2) is 4.91. The van der Waals surface area contributed by atoms with Crippen LogP contribution in [-0.4, -0.2) is 32.6 Å². The molecule has 2 aromatic rings. The SMILES string of the molecule is Cc1csc(CCNC(=O)c2nc(N)n[nH]2)n1. The van der Waals surface area contributed by atoms with Gasteiger partial charge in [0.05, 0.1) is 5.01 Å². The lowest BCUT2D eigenvalue weighted by atomic mass is 10.4. The smallest absolute Gasteiger partial charge is 0.288 e. The number of hydrogen-bond acceptors (Lipinski definition) is 6. The molecule has 0 aliphatic rings. The maximum Gasteiger partial charge on any atom is 0.288 e. The highest BCUT2D eigenvalue weighted by Crippen LogP contribution is 2.08. The molecule has 0 fully saturated rings. The number of nitrogen functional groups attached to an aromatic ring is 1. The Morgan fingerprint density at radius 2 is 2.41 bits per heavy atom. The Balaban J connectivity index is 1.81. The largest absolute Gasteiger partial charge is 0.366 e. The molecule has 1 amide bonds. The monoisotopic (exact) mass is 252 g/mol. The molecule has 4 N–H and O–H groups in total. The van der Waals surface area contributed by atoms with Crippen molar-refractivity contribution in [1.82, 2.24) is 25.5 Å². The second-order valence-corrected chi connectivity index (χ2v) is 4.37. The Hall–Kier alpha value is -1.96. The highest BCUT2D eigenvalue weighted by Gasteiger charge is 2.09. The average Bonchev–Trinajstić information content (AvgIpc) is 2.88. The summed E-state index contributed by atoms with van der Waals surface area (Å²) in [7, 11) is 0. The van der Waals surface area contributed by atoms with Gasteiger partial charge >= 0.3 is 0 Å². The third-order valence-corrected chi connectivity index (χ3v) is 3.04. The fourth-order valence-corrected chi connectivity index (χ4v) is 2.04. The first-order valence-electron chi connectivity index (χ1n) is 5.02. The number of amides is 1. The maximum atomic E-state index is 11.5.